The molecule has 0 aliphatic heterocycles. The van der Waals surface area contributed by atoms with Crippen molar-refractivity contribution < 1.29 is 23.0 Å². The molecule has 28 heavy (non-hydrogen) atoms. The van der Waals surface area contributed by atoms with Crippen molar-refractivity contribution in [3.05, 3.63) is 64.7 Å². The Morgan fingerprint density at radius 1 is 1.11 bits per heavy atom. The molecule has 0 spiro atoms. The Morgan fingerprint density at radius 3 is 2.46 bits per heavy atom. The minimum Gasteiger partial charge on any atom is -0.488 e. The van der Waals surface area contributed by atoms with E-state index in [9.17, 15) is 18.3 Å². The Morgan fingerprint density at radius 2 is 1.82 bits per heavy atom. The minimum absolute atomic E-state index is 0.0221. The van der Waals surface area contributed by atoms with Crippen LogP contribution in [0.5, 0.6) is 5.75 Å². The zero-order valence-corrected chi connectivity index (χ0v) is 15.7. The molecular formula is C19H18F3N3O2S. The van der Waals surface area contributed by atoms with E-state index in [4.69, 9.17) is 10.5 Å². The number of hydrogen-bond acceptors (Lipinski definition) is 6. The number of rotatable bonds is 6. The Labute approximate surface area is 163 Å². The second-order valence-corrected chi connectivity index (χ2v) is 7.45. The maximum atomic E-state index is 13.6. The van der Waals surface area contributed by atoms with Gasteiger partial charge >= 0.3 is 6.18 Å². The highest BCUT2D eigenvalue weighted by Crippen LogP contribution is 2.40. The van der Waals surface area contributed by atoms with E-state index in [0.717, 1.165) is 23.0 Å². The van der Waals surface area contributed by atoms with Gasteiger partial charge in [-0.05, 0) is 30.7 Å². The molecule has 9 heteroatoms. The predicted molar refractivity (Wildman–Crippen MR) is 99.7 cm³/mol. The fraction of sp³-hybridized carbons (Fsp3) is 0.263. The van der Waals surface area contributed by atoms with Crippen LogP contribution >= 0.6 is 11.3 Å². The summed E-state index contributed by atoms with van der Waals surface area (Å²) in [5, 5.41) is 17.7. The van der Waals surface area contributed by atoms with Crippen LogP contribution in [-0.4, -0.2) is 21.9 Å². The first-order chi connectivity index (χ1) is 13.2. The third kappa shape index (κ3) is 4.49. The van der Waals surface area contributed by atoms with Crippen molar-refractivity contribution in [1.82, 2.24) is 10.2 Å². The lowest BCUT2D eigenvalue weighted by Gasteiger charge is -2.17. The van der Waals surface area contributed by atoms with Gasteiger partial charge in [-0.2, -0.15) is 13.2 Å². The first kappa shape index (κ1) is 20.2. The van der Waals surface area contributed by atoms with Gasteiger partial charge < -0.3 is 15.6 Å². The second-order valence-electron chi connectivity index (χ2n) is 6.47. The summed E-state index contributed by atoms with van der Waals surface area (Å²) < 4.78 is 46.1. The summed E-state index contributed by atoms with van der Waals surface area (Å²) in [6.07, 6.45) is -4.59. The maximum absolute atomic E-state index is 13.6. The molecule has 0 saturated heterocycles. The van der Waals surface area contributed by atoms with E-state index in [0.29, 0.717) is 5.01 Å². The fourth-order valence-electron chi connectivity index (χ4n) is 2.38. The van der Waals surface area contributed by atoms with Gasteiger partial charge in [0.05, 0.1) is 17.7 Å². The van der Waals surface area contributed by atoms with Gasteiger partial charge in [0, 0.05) is 5.56 Å². The van der Waals surface area contributed by atoms with Gasteiger partial charge in [0.25, 0.3) is 0 Å². The van der Waals surface area contributed by atoms with E-state index in [1.807, 2.05) is 6.07 Å². The normalized spacial score (nSPS) is 13.9. The van der Waals surface area contributed by atoms with Crippen LogP contribution in [0.15, 0.2) is 48.5 Å². The molecule has 148 valence electrons. The van der Waals surface area contributed by atoms with Crippen molar-refractivity contribution >= 4 is 11.3 Å². The highest BCUT2D eigenvalue weighted by molar-refractivity contribution is 7.14. The quantitative estimate of drug-likeness (QED) is 0.644. The predicted octanol–water partition coefficient (Wildman–Crippen LogP) is 3.97. The number of benzene rings is 2. The largest absolute Gasteiger partial charge is 0.488 e. The molecule has 5 nitrogen and oxygen atoms in total. The number of hydrogen-bond donors (Lipinski definition) is 2. The van der Waals surface area contributed by atoms with Crippen LogP contribution in [0.25, 0.3) is 10.6 Å². The molecule has 0 amide bonds. The van der Waals surface area contributed by atoms with Crippen molar-refractivity contribution in [3.63, 3.8) is 0 Å². The molecule has 1 heterocycles. The number of aliphatic hydroxyl groups excluding tert-OH is 1. The average Bonchev–Trinajstić information content (AvgIpc) is 3.17. The molecular weight excluding hydrogens is 391 g/mol. The number of alkyl halides is 3. The lowest BCUT2D eigenvalue weighted by molar-refractivity contribution is -0.139. The summed E-state index contributed by atoms with van der Waals surface area (Å²) in [5.74, 6) is -0.260. The molecule has 0 bridgehead atoms. The topological polar surface area (TPSA) is 81.3 Å². The van der Waals surface area contributed by atoms with Crippen LogP contribution in [-0.2, 0) is 18.3 Å². The molecule has 3 rings (SSSR count). The SMILES string of the molecule is CC(N)(CO)c1nnc(-c2ccc(OCc3ccccc3)c(C(F)(F)F)c2)s1. The number of halogens is 3. The van der Waals surface area contributed by atoms with Gasteiger partial charge in [-0.15, -0.1) is 10.2 Å². The van der Waals surface area contributed by atoms with Crippen LogP contribution in [0.2, 0.25) is 0 Å². The molecule has 1 aromatic heterocycles. The van der Waals surface area contributed by atoms with Crippen LogP contribution in [0.4, 0.5) is 13.2 Å². The Kier molecular flexibility index (Phi) is 5.69. The molecule has 0 saturated carbocycles. The maximum Gasteiger partial charge on any atom is 0.419 e. The third-order valence-corrected chi connectivity index (χ3v) is 5.26. The minimum atomic E-state index is -4.59. The summed E-state index contributed by atoms with van der Waals surface area (Å²) >= 11 is 1.04. The van der Waals surface area contributed by atoms with E-state index in [1.165, 1.54) is 12.1 Å². The van der Waals surface area contributed by atoms with E-state index < -0.39 is 17.3 Å². The molecule has 3 N–H and O–H groups in total. The van der Waals surface area contributed by atoms with Gasteiger partial charge in [0.2, 0.25) is 0 Å². The molecule has 0 aliphatic carbocycles. The van der Waals surface area contributed by atoms with Gasteiger partial charge in [-0.1, -0.05) is 41.7 Å². The van der Waals surface area contributed by atoms with Crippen LogP contribution < -0.4 is 10.5 Å². The Balaban J connectivity index is 1.91. The van der Waals surface area contributed by atoms with Crippen molar-refractivity contribution in [2.75, 3.05) is 6.61 Å². The first-order valence-corrected chi connectivity index (χ1v) is 9.14. The number of aromatic nitrogens is 2. The van der Waals surface area contributed by atoms with Gasteiger partial charge in [0.15, 0.2) is 0 Å². The molecule has 1 unspecified atom stereocenters. The molecule has 0 radical (unpaired) electrons. The summed E-state index contributed by atoms with van der Waals surface area (Å²) in [6, 6.07) is 12.7. The average molecular weight is 409 g/mol. The highest BCUT2D eigenvalue weighted by Gasteiger charge is 2.35. The standard InChI is InChI=1S/C19H18F3N3O2S/c1-18(23,11-26)17-25-24-16(28-17)13-7-8-15(14(9-13)19(20,21)22)27-10-12-5-3-2-4-6-12/h2-9,26H,10-11,23H2,1H3. The summed E-state index contributed by atoms with van der Waals surface area (Å²) in [6.45, 7) is 1.23. The van der Waals surface area contributed by atoms with Crippen molar-refractivity contribution in [3.8, 4) is 16.3 Å². The van der Waals surface area contributed by atoms with E-state index in [2.05, 4.69) is 10.2 Å². The summed E-state index contributed by atoms with van der Waals surface area (Å²) in [5.41, 5.74) is 4.91. The monoisotopic (exact) mass is 409 g/mol. The molecule has 0 fully saturated rings. The van der Waals surface area contributed by atoms with E-state index in [-0.39, 0.29) is 29.5 Å². The number of aliphatic hydroxyl groups is 1. The molecule has 2 aromatic carbocycles. The zero-order valence-electron chi connectivity index (χ0n) is 14.9. The van der Waals surface area contributed by atoms with Crippen molar-refractivity contribution in [2.45, 2.75) is 25.2 Å². The lowest BCUT2D eigenvalue weighted by Crippen LogP contribution is -2.36. The zero-order chi connectivity index (χ0) is 20.4. The van der Waals surface area contributed by atoms with E-state index in [1.54, 1.807) is 31.2 Å². The van der Waals surface area contributed by atoms with Crippen LogP contribution in [0.1, 0.15) is 23.1 Å². The van der Waals surface area contributed by atoms with Crippen LogP contribution in [0, 0.1) is 0 Å². The summed E-state index contributed by atoms with van der Waals surface area (Å²) in [4.78, 5) is 0. The van der Waals surface area contributed by atoms with Gasteiger partial charge in [-0.3, -0.25) is 0 Å². The lowest BCUT2D eigenvalue weighted by atomic mass is 10.1. The second kappa shape index (κ2) is 7.86. The van der Waals surface area contributed by atoms with E-state index >= 15 is 0 Å². The third-order valence-electron chi connectivity index (χ3n) is 4.01. The van der Waals surface area contributed by atoms with Gasteiger partial charge in [0.1, 0.15) is 22.4 Å². The van der Waals surface area contributed by atoms with Crippen LogP contribution in [0.3, 0.4) is 0 Å². The Hall–Kier alpha value is -2.49. The van der Waals surface area contributed by atoms with Gasteiger partial charge in [-0.25, -0.2) is 0 Å². The molecule has 1 atom stereocenters. The first-order valence-electron chi connectivity index (χ1n) is 8.33. The number of ether oxygens (including phenoxy) is 1. The smallest absolute Gasteiger partial charge is 0.419 e. The highest BCUT2D eigenvalue weighted by atomic mass is 32.1. The van der Waals surface area contributed by atoms with Crippen molar-refractivity contribution in [1.29, 1.82) is 0 Å². The molecule has 3 aromatic rings. The number of nitrogens with zero attached hydrogens (tertiary/aromatic N) is 2. The van der Waals surface area contributed by atoms with Crippen molar-refractivity contribution in [2.24, 2.45) is 5.73 Å². The summed E-state index contributed by atoms with van der Waals surface area (Å²) in [7, 11) is 0. The fourth-order valence-corrected chi connectivity index (χ4v) is 3.27. The Bertz CT molecular complexity index is 943. The number of nitrogens with two attached hydrogens (primary N) is 1. The molecule has 0 aliphatic rings.